The molecule has 3 heteroatoms. The van der Waals surface area contributed by atoms with E-state index in [4.69, 9.17) is 4.74 Å². The molecule has 0 aliphatic carbocycles. The molecule has 1 heterocycles. The fraction of sp³-hybridized carbons (Fsp3) is 0.333. The van der Waals surface area contributed by atoms with Gasteiger partial charge in [-0.15, -0.1) is 6.58 Å². The molecule has 1 aliphatic heterocycles. The Kier molecular flexibility index (Phi) is 4.23. The number of benzene rings is 2. The van der Waals surface area contributed by atoms with Crippen LogP contribution in [-0.4, -0.2) is 38.2 Å². The van der Waals surface area contributed by atoms with E-state index in [0.29, 0.717) is 6.04 Å². The Hall–Kier alpha value is -1.84. The highest BCUT2D eigenvalue weighted by Crippen LogP contribution is 2.27. The minimum absolute atomic E-state index is 0.290. The zero-order valence-corrected chi connectivity index (χ0v) is 12.5. The number of methoxy groups -OCH3 is 1. The maximum absolute atomic E-state index is 5.28. The van der Waals surface area contributed by atoms with Crippen LogP contribution in [0.5, 0.6) is 5.75 Å². The van der Waals surface area contributed by atoms with E-state index in [0.717, 1.165) is 31.9 Å². The summed E-state index contributed by atoms with van der Waals surface area (Å²) in [5, 5.41) is 5.85. The maximum atomic E-state index is 5.28. The van der Waals surface area contributed by atoms with E-state index in [1.807, 2.05) is 6.07 Å². The van der Waals surface area contributed by atoms with Gasteiger partial charge in [0, 0.05) is 26.2 Å². The van der Waals surface area contributed by atoms with E-state index in [1.165, 1.54) is 16.3 Å². The summed E-state index contributed by atoms with van der Waals surface area (Å²) in [5.41, 5.74) is 1.31. The molecule has 1 atom stereocenters. The molecule has 1 aliphatic rings. The summed E-state index contributed by atoms with van der Waals surface area (Å²) in [4.78, 5) is 2.48. The van der Waals surface area contributed by atoms with Gasteiger partial charge in [0.05, 0.1) is 13.2 Å². The number of piperazine rings is 1. The van der Waals surface area contributed by atoms with Crippen LogP contribution >= 0.6 is 0 Å². The van der Waals surface area contributed by atoms with Crippen molar-refractivity contribution in [2.24, 2.45) is 0 Å². The molecule has 0 saturated carbocycles. The molecular formula is C18H22N2O. The number of nitrogens with one attached hydrogen (secondary N) is 1. The number of rotatable bonds is 4. The SMILES string of the molecule is C=C[C@@H](c1ccc2cc(OC)ccc2c1)N1CCNCC1. The minimum Gasteiger partial charge on any atom is -0.497 e. The third-order valence-corrected chi connectivity index (χ3v) is 4.18. The smallest absolute Gasteiger partial charge is 0.119 e. The van der Waals surface area contributed by atoms with Crippen molar-refractivity contribution in [2.45, 2.75) is 6.04 Å². The molecule has 2 aromatic carbocycles. The quantitative estimate of drug-likeness (QED) is 0.873. The van der Waals surface area contributed by atoms with Crippen LogP contribution < -0.4 is 10.1 Å². The van der Waals surface area contributed by atoms with Crippen molar-refractivity contribution in [1.29, 1.82) is 0 Å². The van der Waals surface area contributed by atoms with Gasteiger partial charge in [-0.3, -0.25) is 4.90 Å². The van der Waals surface area contributed by atoms with Gasteiger partial charge in [0.2, 0.25) is 0 Å². The molecule has 0 radical (unpaired) electrons. The first-order valence-corrected chi connectivity index (χ1v) is 7.47. The van der Waals surface area contributed by atoms with Gasteiger partial charge in [0.1, 0.15) is 5.75 Å². The van der Waals surface area contributed by atoms with Gasteiger partial charge in [-0.25, -0.2) is 0 Å². The van der Waals surface area contributed by atoms with E-state index in [9.17, 15) is 0 Å². The summed E-state index contributed by atoms with van der Waals surface area (Å²) in [6.45, 7) is 8.27. The third-order valence-electron chi connectivity index (χ3n) is 4.18. The zero-order chi connectivity index (χ0) is 14.7. The summed E-state index contributed by atoms with van der Waals surface area (Å²) >= 11 is 0. The molecule has 110 valence electrons. The molecule has 1 saturated heterocycles. The highest BCUT2D eigenvalue weighted by atomic mass is 16.5. The van der Waals surface area contributed by atoms with Crippen LogP contribution in [0.4, 0.5) is 0 Å². The Morgan fingerprint density at radius 1 is 1.14 bits per heavy atom. The van der Waals surface area contributed by atoms with Crippen LogP contribution in [0.1, 0.15) is 11.6 Å². The van der Waals surface area contributed by atoms with Crippen LogP contribution in [0.15, 0.2) is 49.1 Å². The Morgan fingerprint density at radius 3 is 2.57 bits per heavy atom. The van der Waals surface area contributed by atoms with Crippen molar-refractivity contribution in [2.75, 3.05) is 33.3 Å². The Bertz CT molecular complexity index is 632. The molecule has 0 unspecified atom stereocenters. The van der Waals surface area contributed by atoms with Gasteiger partial charge in [0.15, 0.2) is 0 Å². The van der Waals surface area contributed by atoms with Crippen molar-refractivity contribution in [3.05, 3.63) is 54.6 Å². The largest absolute Gasteiger partial charge is 0.497 e. The molecule has 0 spiro atoms. The van der Waals surface area contributed by atoms with Gasteiger partial charge in [0.25, 0.3) is 0 Å². The first-order valence-electron chi connectivity index (χ1n) is 7.47. The van der Waals surface area contributed by atoms with Gasteiger partial charge >= 0.3 is 0 Å². The lowest BCUT2D eigenvalue weighted by atomic mass is 10.00. The summed E-state index contributed by atoms with van der Waals surface area (Å²) < 4.78 is 5.28. The topological polar surface area (TPSA) is 24.5 Å². The van der Waals surface area contributed by atoms with Crippen molar-refractivity contribution in [1.82, 2.24) is 10.2 Å². The summed E-state index contributed by atoms with van der Waals surface area (Å²) in [7, 11) is 1.70. The van der Waals surface area contributed by atoms with E-state index in [2.05, 4.69) is 53.2 Å². The molecular weight excluding hydrogens is 260 g/mol. The van der Waals surface area contributed by atoms with Crippen molar-refractivity contribution < 1.29 is 4.74 Å². The van der Waals surface area contributed by atoms with E-state index < -0.39 is 0 Å². The summed E-state index contributed by atoms with van der Waals surface area (Å²) in [6, 6.07) is 13.1. The second kappa shape index (κ2) is 6.29. The Morgan fingerprint density at radius 2 is 1.86 bits per heavy atom. The fourth-order valence-corrected chi connectivity index (χ4v) is 3.01. The second-order valence-corrected chi connectivity index (χ2v) is 5.44. The molecule has 0 bridgehead atoms. The van der Waals surface area contributed by atoms with Crippen molar-refractivity contribution in [3.8, 4) is 5.75 Å². The van der Waals surface area contributed by atoms with E-state index in [-0.39, 0.29) is 0 Å². The van der Waals surface area contributed by atoms with Gasteiger partial charge in [-0.2, -0.15) is 0 Å². The average Bonchev–Trinajstić information content (AvgIpc) is 2.56. The first kappa shape index (κ1) is 14.1. The number of hydrogen-bond donors (Lipinski definition) is 1. The predicted molar refractivity (Wildman–Crippen MR) is 87.9 cm³/mol. The normalized spacial score (nSPS) is 17.6. The molecule has 21 heavy (non-hydrogen) atoms. The molecule has 0 amide bonds. The van der Waals surface area contributed by atoms with Crippen LogP contribution in [0.2, 0.25) is 0 Å². The molecule has 3 nitrogen and oxygen atoms in total. The van der Waals surface area contributed by atoms with Gasteiger partial charge in [-0.1, -0.05) is 24.3 Å². The predicted octanol–water partition coefficient (Wildman–Crippen LogP) is 2.98. The standard InChI is InChI=1S/C18H22N2O/c1-3-18(20-10-8-19-9-11-20)16-5-4-15-13-17(21-2)7-6-14(15)12-16/h3-7,12-13,18-19H,1,8-11H2,2H3/t18-/m0/s1. The average molecular weight is 282 g/mol. The molecule has 3 rings (SSSR count). The number of nitrogens with zero attached hydrogens (tertiary/aromatic N) is 1. The maximum Gasteiger partial charge on any atom is 0.119 e. The number of fused-ring (bicyclic) bond motifs is 1. The van der Waals surface area contributed by atoms with Crippen LogP contribution in [0.25, 0.3) is 10.8 Å². The number of ether oxygens (including phenoxy) is 1. The second-order valence-electron chi connectivity index (χ2n) is 5.44. The lowest BCUT2D eigenvalue weighted by Crippen LogP contribution is -2.44. The molecule has 1 N–H and O–H groups in total. The van der Waals surface area contributed by atoms with Crippen molar-refractivity contribution >= 4 is 10.8 Å². The molecule has 2 aromatic rings. The third kappa shape index (κ3) is 2.94. The van der Waals surface area contributed by atoms with Crippen LogP contribution in [-0.2, 0) is 0 Å². The Labute approximate surface area is 126 Å². The lowest BCUT2D eigenvalue weighted by molar-refractivity contribution is 0.203. The van der Waals surface area contributed by atoms with E-state index in [1.54, 1.807) is 7.11 Å². The molecule has 1 fully saturated rings. The number of hydrogen-bond acceptors (Lipinski definition) is 3. The summed E-state index contributed by atoms with van der Waals surface area (Å²) in [6.07, 6.45) is 2.05. The zero-order valence-electron chi connectivity index (χ0n) is 12.5. The van der Waals surface area contributed by atoms with E-state index >= 15 is 0 Å². The fourth-order valence-electron chi connectivity index (χ4n) is 3.01. The van der Waals surface area contributed by atoms with Gasteiger partial charge < -0.3 is 10.1 Å². The van der Waals surface area contributed by atoms with Gasteiger partial charge in [-0.05, 0) is 34.5 Å². The minimum atomic E-state index is 0.290. The first-order chi connectivity index (χ1) is 10.3. The molecule has 0 aromatic heterocycles. The lowest BCUT2D eigenvalue weighted by Gasteiger charge is -2.33. The monoisotopic (exact) mass is 282 g/mol. The van der Waals surface area contributed by atoms with Crippen LogP contribution in [0.3, 0.4) is 0 Å². The summed E-state index contributed by atoms with van der Waals surface area (Å²) in [5.74, 6) is 0.901. The highest BCUT2D eigenvalue weighted by Gasteiger charge is 2.19. The van der Waals surface area contributed by atoms with Crippen molar-refractivity contribution in [3.63, 3.8) is 0 Å². The van der Waals surface area contributed by atoms with Crippen LogP contribution in [0, 0.1) is 0 Å². The highest BCUT2D eigenvalue weighted by molar-refractivity contribution is 5.84. The Balaban J connectivity index is 1.93.